The van der Waals surface area contributed by atoms with E-state index in [1.54, 1.807) is 0 Å². The van der Waals surface area contributed by atoms with E-state index in [-0.39, 0.29) is 34.9 Å². The van der Waals surface area contributed by atoms with Crippen molar-refractivity contribution in [2.24, 2.45) is 5.92 Å². The molecule has 2 aliphatic rings. The number of nitrogens with zero attached hydrogens (tertiary/aromatic N) is 3. The van der Waals surface area contributed by atoms with Gasteiger partial charge in [0.25, 0.3) is 11.8 Å². The average molecular weight is 429 g/mol. The molecule has 2 aromatic rings. The number of carbonyl (C=O) groups excluding carboxylic acids is 3. The summed E-state index contributed by atoms with van der Waals surface area (Å²) in [5.41, 5.74) is -0.499. The van der Waals surface area contributed by atoms with Crippen LogP contribution in [0.1, 0.15) is 46.5 Å². The van der Waals surface area contributed by atoms with Crippen molar-refractivity contribution >= 4 is 23.5 Å². The molecular formula is C21H21F2N5O3. The fourth-order valence-corrected chi connectivity index (χ4v) is 3.53. The van der Waals surface area contributed by atoms with Crippen molar-refractivity contribution in [3.8, 4) is 0 Å². The highest BCUT2D eigenvalue weighted by molar-refractivity contribution is 6.07. The van der Waals surface area contributed by atoms with Crippen molar-refractivity contribution in [3.63, 3.8) is 0 Å². The lowest BCUT2D eigenvalue weighted by Crippen LogP contribution is -2.47. The molecule has 31 heavy (non-hydrogen) atoms. The van der Waals surface area contributed by atoms with E-state index in [1.807, 2.05) is 4.90 Å². The van der Waals surface area contributed by atoms with E-state index in [0.29, 0.717) is 32.0 Å². The van der Waals surface area contributed by atoms with Crippen molar-refractivity contribution in [3.05, 3.63) is 53.5 Å². The van der Waals surface area contributed by atoms with E-state index >= 15 is 0 Å². The van der Waals surface area contributed by atoms with Gasteiger partial charge in [0.1, 0.15) is 11.6 Å². The molecule has 0 atom stereocenters. The summed E-state index contributed by atoms with van der Waals surface area (Å²) in [6.07, 6.45) is 5.74. The summed E-state index contributed by atoms with van der Waals surface area (Å²) < 4.78 is 26.9. The number of halogens is 2. The number of hydrogen-bond donors (Lipinski definition) is 2. The summed E-state index contributed by atoms with van der Waals surface area (Å²) in [5, 5.41) is 5.22. The van der Waals surface area contributed by atoms with Gasteiger partial charge in [0.2, 0.25) is 5.91 Å². The van der Waals surface area contributed by atoms with Crippen LogP contribution in [-0.4, -0.2) is 51.7 Å². The minimum atomic E-state index is -1.03. The zero-order valence-electron chi connectivity index (χ0n) is 16.6. The second-order valence-corrected chi connectivity index (χ2v) is 7.68. The maximum Gasteiger partial charge on any atom is 0.273 e. The van der Waals surface area contributed by atoms with E-state index in [1.165, 1.54) is 12.4 Å². The first kappa shape index (κ1) is 20.8. The lowest BCUT2D eigenvalue weighted by molar-refractivity contribution is -0.133. The van der Waals surface area contributed by atoms with Gasteiger partial charge in [-0.3, -0.25) is 14.4 Å². The Labute approximate surface area is 177 Å². The van der Waals surface area contributed by atoms with Gasteiger partial charge in [0.05, 0.1) is 5.56 Å². The molecule has 0 unspecified atom stereocenters. The first-order valence-electron chi connectivity index (χ1n) is 10.1. The number of anilines is 1. The number of likely N-dealkylation sites (tertiary alicyclic amines) is 1. The van der Waals surface area contributed by atoms with Crippen LogP contribution in [0.15, 0.2) is 30.6 Å². The van der Waals surface area contributed by atoms with Crippen LogP contribution in [0, 0.1) is 17.6 Å². The molecule has 2 fully saturated rings. The Kier molecular flexibility index (Phi) is 5.88. The molecule has 1 aliphatic carbocycles. The summed E-state index contributed by atoms with van der Waals surface area (Å²) >= 11 is 0. The van der Waals surface area contributed by atoms with Crippen molar-refractivity contribution in [1.29, 1.82) is 0 Å². The molecule has 1 aliphatic heterocycles. The Morgan fingerprint density at radius 3 is 2.35 bits per heavy atom. The molecule has 3 amide bonds. The third-order valence-electron chi connectivity index (χ3n) is 5.39. The second kappa shape index (κ2) is 8.75. The largest absolute Gasteiger partial charge is 0.348 e. The number of carbonyl (C=O) groups is 3. The van der Waals surface area contributed by atoms with Crippen LogP contribution in [0.4, 0.5) is 14.6 Å². The number of benzene rings is 1. The number of hydrogen-bond acceptors (Lipinski definition) is 5. The van der Waals surface area contributed by atoms with Crippen LogP contribution in [-0.2, 0) is 4.79 Å². The smallest absolute Gasteiger partial charge is 0.273 e. The Morgan fingerprint density at radius 2 is 1.68 bits per heavy atom. The van der Waals surface area contributed by atoms with Crippen LogP contribution in [0.25, 0.3) is 0 Å². The van der Waals surface area contributed by atoms with Gasteiger partial charge in [-0.2, -0.15) is 0 Å². The Bertz CT molecular complexity index is 1020. The molecule has 4 rings (SSSR count). The van der Waals surface area contributed by atoms with Crippen LogP contribution < -0.4 is 10.6 Å². The van der Waals surface area contributed by atoms with Gasteiger partial charge >= 0.3 is 0 Å². The number of piperidine rings is 1. The summed E-state index contributed by atoms with van der Waals surface area (Å²) in [6.45, 7) is 1.16. The van der Waals surface area contributed by atoms with Crippen molar-refractivity contribution in [1.82, 2.24) is 20.2 Å². The zero-order chi connectivity index (χ0) is 22.0. The molecular weight excluding hydrogens is 408 g/mol. The van der Waals surface area contributed by atoms with Gasteiger partial charge in [-0.25, -0.2) is 18.7 Å². The summed E-state index contributed by atoms with van der Waals surface area (Å²) in [4.78, 5) is 47.0. The minimum Gasteiger partial charge on any atom is -0.348 e. The molecule has 0 bridgehead atoms. The van der Waals surface area contributed by atoms with Crippen LogP contribution in [0.5, 0.6) is 0 Å². The minimum absolute atomic E-state index is 0.116. The number of aromatic nitrogens is 2. The second-order valence-electron chi connectivity index (χ2n) is 7.68. The van der Waals surface area contributed by atoms with E-state index in [9.17, 15) is 23.2 Å². The fraction of sp³-hybridized carbons (Fsp3) is 0.381. The van der Waals surface area contributed by atoms with Crippen LogP contribution >= 0.6 is 0 Å². The maximum absolute atomic E-state index is 13.9. The lowest BCUT2D eigenvalue weighted by Gasteiger charge is -2.32. The lowest BCUT2D eigenvalue weighted by atomic mass is 10.0. The Balaban J connectivity index is 1.39. The van der Waals surface area contributed by atoms with E-state index in [4.69, 9.17) is 0 Å². The summed E-state index contributed by atoms with van der Waals surface area (Å²) in [6, 6.07) is 2.42. The molecule has 0 radical (unpaired) electrons. The highest BCUT2D eigenvalue weighted by Gasteiger charge is 2.35. The molecule has 1 saturated heterocycles. The topological polar surface area (TPSA) is 104 Å². The first-order valence-corrected chi connectivity index (χ1v) is 10.1. The third kappa shape index (κ3) is 4.84. The third-order valence-corrected chi connectivity index (χ3v) is 5.39. The van der Waals surface area contributed by atoms with Crippen LogP contribution in [0.3, 0.4) is 0 Å². The van der Waals surface area contributed by atoms with Crippen molar-refractivity contribution in [2.45, 2.75) is 31.7 Å². The van der Waals surface area contributed by atoms with Crippen molar-refractivity contribution < 1.29 is 23.2 Å². The molecule has 1 saturated carbocycles. The summed E-state index contributed by atoms with van der Waals surface area (Å²) in [5.74, 6) is -3.01. The quantitative estimate of drug-likeness (QED) is 0.758. The molecule has 2 N–H and O–H groups in total. The highest BCUT2D eigenvalue weighted by Crippen LogP contribution is 2.32. The van der Waals surface area contributed by atoms with Gasteiger partial charge in [0, 0.05) is 43.5 Å². The van der Waals surface area contributed by atoms with E-state index in [2.05, 4.69) is 20.6 Å². The monoisotopic (exact) mass is 429 g/mol. The molecule has 1 aromatic heterocycles. The van der Waals surface area contributed by atoms with Crippen LogP contribution in [0.2, 0.25) is 0 Å². The first-order chi connectivity index (χ1) is 14.9. The van der Waals surface area contributed by atoms with Gasteiger partial charge in [0.15, 0.2) is 11.5 Å². The SMILES string of the molecule is O=C(Nc1nccnc1C(=O)NC1CCN(C(=O)C2CC2)CC1)c1ccc(F)cc1F. The van der Waals surface area contributed by atoms with Gasteiger partial charge in [-0.15, -0.1) is 0 Å². The van der Waals surface area contributed by atoms with E-state index < -0.39 is 23.4 Å². The van der Waals surface area contributed by atoms with E-state index in [0.717, 1.165) is 25.0 Å². The van der Waals surface area contributed by atoms with Gasteiger partial charge in [-0.1, -0.05) is 0 Å². The van der Waals surface area contributed by atoms with Gasteiger partial charge in [-0.05, 0) is 37.8 Å². The highest BCUT2D eigenvalue weighted by atomic mass is 19.1. The molecule has 2 heterocycles. The molecule has 1 aromatic carbocycles. The fourth-order valence-electron chi connectivity index (χ4n) is 3.53. The molecule has 10 heteroatoms. The predicted octanol–water partition coefficient (Wildman–Crippen LogP) is 2.14. The number of nitrogens with one attached hydrogen (secondary N) is 2. The Hall–Kier alpha value is -3.43. The number of rotatable bonds is 5. The molecule has 162 valence electrons. The zero-order valence-corrected chi connectivity index (χ0v) is 16.6. The summed E-state index contributed by atoms with van der Waals surface area (Å²) in [7, 11) is 0. The Morgan fingerprint density at radius 1 is 0.968 bits per heavy atom. The molecule has 8 nitrogen and oxygen atoms in total. The number of amides is 3. The maximum atomic E-state index is 13.9. The van der Waals surface area contributed by atoms with Crippen molar-refractivity contribution in [2.75, 3.05) is 18.4 Å². The van der Waals surface area contributed by atoms with Gasteiger partial charge < -0.3 is 15.5 Å². The molecule has 0 spiro atoms. The average Bonchev–Trinajstić information content (AvgIpc) is 3.59. The standard InChI is InChI=1S/C21H21F2N5O3/c22-13-3-4-15(16(23)11-13)19(29)27-18-17(24-7-8-25-18)20(30)26-14-5-9-28(10-6-14)21(31)12-1-2-12/h3-4,7-8,11-12,14H,1-2,5-6,9-10H2,(H,26,30)(H,25,27,29). The predicted molar refractivity (Wildman–Crippen MR) is 106 cm³/mol. The normalized spacial score (nSPS) is 16.6.